The summed E-state index contributed by atoms with van der Waals surface area (Å²) in [5.41, 5.74) is -3.81. The van der Waals surface area contributed by atoms with Crippen molar-refractivity contribution in [2.24, 2.45) is 0 Å². The number of aryl methyl sites for hydroxylation is 2. The van der Waals surface area contributed by atoms with Gasteiger partial charge in [0.1, 0.15) is 0 Å². The third-order valence-corrected chi connectivity index (χ3v) is 2.89. The van der Waals surface area contributed by atoms with Crippen LogP contribution in [-0.2, 0) is 5.60 Å². The van der Waals surface area contributed by atoms with Gasteiger partial charge in [0, 0.05) is 6.07 Å². The number of aliphatic hydroxyl groups is 1. The monoisotopic (exact) mass is 263 g/mol. The van der Waals surface area contributed by atoms with Crippen LogP contribution in [-0.4, -0.2) is 16.2 Å². The van der Waals surface area contributed by atoms with Gasteiger partial charge in [-0.3, -0.25) is 10.1 Å². The van der Waals surface area contributed by atoms with Gasteiger partial charge >= 0.3 is 6.18 Å². The lowest BCUT2D eigenvalue weighted by atomic mass is 9.90. The van der Waals surface area contributed by atoms with Crippen LogP contribution in [0.1, 0.15) is 23.6 Å². The van der Waals surface area contributed by atoms with Crippen molar-refractivity contribution in [2.75, 3.05) is 0 Å². The fourth-order valence-corrected chi connectivity index (χ4v) is 1.49. The fraction of sp³-hybridized carbons (Fsp3) is 0.455. The molecule has 1 atom stereocenters. The highest BCUT2D eigenvalue weighted by molar-refractivity contribution is 5.50. The van der Waals surface area contributed by atoms with E-state index in [4.69, 9.17) is 0 Å². The summed E-state index contributed by atoms with van der Waals surface area (Å²) in [5.74, 6) is 0. The zero-order chi connectivity index (χ0) is 14.3. The van der Waals surface area contributed by atoms with Gasteiger partial charge in [-0.2, -0.15) is 13.2 Å². The lowest BCUT2D eigenvalue weighted by Crippen LogP contribution is -2.39. The van der Waals surface area contributed by atoms with Gasteiger partial charge in [0.15, 0.2) is 5.60 Å². The summed E-state index contributed by atoms with van der Waals surface area (Å²) in [6, 6.07) is 2.03. The smallest absolute Gasteiger partial charge is 0.376 e. The van der Waals surface area contributed by atoms with Gasteiger partial charge in [0.2, 0.25) is 0 Å². The largest absolute Gasteiger partial charge is 0.421 e. The number of nitro benzene ring substituents is 1. The number of nitro groups is 1. The zero-order valence-electron chi connectivity index (χ0n) is 10.00. The molecule has 7 heteroatoms. The molecule has 0 aliphatic rings. The van der Waals surface area contributed by atoms with Crippen molar-refractivity contribution < 1.29 is 23.2 Å². The number of halogens is 3. The van der Waals surface area contributed by atoms with Gasteiger partial charge in [0.05, 0.1) is 10.5 Å². The van der Waals surface area contributed by atoms with Crippen molar-refractivity contribution in [3.63, 3.8) is 0 Å². The normalized spacial score (nSPS) is 15.3. The van der Waals surface area contributed by atoms with Crippen LogP contribution >= 0.6 is 0 Å². The predicted octanol–water partition coefficient (Wildman–Crippen LogP) is 2.98. The number of hydrogen-bond donors (Lipinski definition) is 1. The lowest BCUT2D eigenvalue weighted by molar-refractivity contribution is -0.388. The number of alkyl halides is 3. The molecule has 0 heterocycles. The average Bonchev–Trinajstić information content (AvgIpc) is 2.19. The van der Waals surface area contributed by atoms with Crippen molar-refractivity contribution in [1.29, 1.82) is 0 Å². The summed E-state index contributed by atoms with van der Waals surface area (Å²) < 4.78 is 38.2. The molecule has 0 saturated heterocycles. The highest BCUT2D eigenvalue weighted by atomic mass is 19.4. The Morgan fingerprint density at radius 3 is 2.06 bits per heavy atom. The van der Waals surface area contributed by atoms with E-state index in [1.165, 1.54) is 6.92 Å². The van der Waals surface area contributed by atoms with E-state index in [1.807, 2.05) is 0 Å². The maximum Gasteiger partial charge on any atom is 0.421 e. The summed E-state index contributed by atoms with van der Waals surface area (Å²) in [6.07, 6.45) is -4.99. The molecule has 0 aromatic heterocycles. The van der Waals surface area contributed by atoms with Crippen LogP contribution in [0.4, 0.5) is 18.9 Å². The van der Waals surface area contributed by atoms with E-state index in [0.29, 0.717) is 18.1 Å². The topological polar surface area (TPSA) is 63.4 Å². The Hall–Kier alpha value is -1.63. The van der Waals surface area contributed by atoms with Crippen LogP contribution in [0.25, 0.3) is 0 Å². The standard InChI is InChI=1S/C11H12F3NO3/c1-6-4-8(10(3,16)11(12,13)14)9(15(17)18)5-7(6)2/h4-5,16H,1-3H3. The van der Waals surface area contributed by atoms with E-state index < -0.39 is 28.0 Å². The summed E-state index contributed by atoms with van der Waals surface area (Å²) in [7, 11) is 0. The Balaban J connectivity index is 3.58. The van der Waals surface area contributed by atoms with E-state index >= 15 is 0 Å². The van der Waals surface area contributed by atoms with Crippen LogP contribution in [0.5, 0.6) is 0 Å². The first kappa shape index (κ1) is 14.4. The molecule has 18 heavy (non-hydrogen) atoms. The molecular weight excluding hydrogens is 251 g/mol. The number of benzene rings is 1. The quantitative estimate of drug-likeness (QED) is 0.659. The van der Waals surface area contributed by atoms with Gasteiger partial charge in [-0.1, -0.05) is 0 Å². The molecule has 0 bridgehead atoms. The molecular formula is C11H12F3NO3. The zero-order valence-corrected chi connectivity index (χ0v) is 10.00. The second-order valence-corrected chi connectivity index (χ2v) is 4.28. The summed E-state index contributed by atoms with van der Waals surface area (Å²) in [4.78, 5) is 9.86. The second-order valence-electron chi connectivity index (χ2n) is 4.28. The molecule has 0 saturated carbocycles. The van der Waals surface area contributed by atoms with Gasteiger partial charge in [-0.15, -0.1) is 0 Å². The Bertz CT molecular complexity index is 495. The number of rotatable bonds is 2. The molecule has 4 nitrogen and oxygen atoms in total. The maximum atomic E-state index is 12.7. The molecule has 100 valence electrons. The van der Waals surface area contributed by atoms with Crippen LogP contribution < -0.4 is 0 Å². The van der Waals surface area contributed by atoms with Crippen LogP contribution in [0, 0.1) is 24.0 Å². The highest BCUT2D eigenvalue weighted by Gasteiger charge is 2.54. The average molecular weight is 263 g/mol. The third kappa shape index (κ3) is 2.31. The fourth-order valence-electron chi connectivity index (χ4n) is 1.49. The van der Waals surface area contributed by atoms with Gasteiger partial charge in [0.25, 0.3) is 5.69 Å². The van der Waals surface area contributed by atoms with E-state index in [2.05, 4.69) is 0 Å². The Morgan fingerprint density at radius 1 is 1.22 bits per heavy atom. The van der Waals surface area contributed by atoms with E-state index in [-0.39, 0.29) is 0 Å². The maximum absolute atomic E-state index is 12.7. The Labute approximate surface area is 101 Å². The molecule has 0 aliphatic heterocycles. The molecule has 1 aromatic rings. The first-order chi connectivity index (χ1) is 7.98. The van der Waals surface area contributed by atoms with Crippen LogP contribution in [0.15, 0.2) is 12.1 Å². The molecule has 1 N–H and O–H groups in total. The third-order valence-electron chi connectivity index (χ3n) is 2.89. The van der Waals surface area contributed by atoms with Crippen molar-refractivity contribution in [3.8, 4) is 0 Å². The van der Waals surface area contributed by atoms with Crippen molar-refractivity contribution in [2.45, 2.75) is 32.5 Å². The summed E-state index contributed by atoms with van der Waals surface area (Å²) >= 11 is 0. The van der Waals surface area contributed by atoms with Crippen molar-refractivity contribution >= 4 is 5.69 Å². The molecule has 0 fully saturated rings. The Morgan fingerprint density at radius 2 is 1.67 bits per heavy atom. The lowest BCUT2D eigenvalue weighted by Gasteiger charge is -2.26. The first-order valence-electron chi connectivity index (χ1n) is 5.03. The minimum Gasteiger partial charge on any atom is -0.376 e. The molecule has 1 aromatic carbocycles. The van der Waals surface area contributed by atoms with E-state index in [0.717, 1.165) is 12.1 Å². The predicted molar refractivity (Wildman–Crippen MR) is 58.2 cm³/mol. The molecule has 0 radical (unpaired) electrons. The minimum absolute atomic E-state index is 0.445. The molecule has 0 spiro atoms. The van der Waals surface area contributed by atoms with Gasteiger partial charge in [-0.25, -0.2) is 0 Å². The molecule has 0 amide bonds. The first-order valence-corrected chi connectivity index (χ1v) is 5.03. The minimum atomic E-state index is -4.99. The SMILES string of the molecule is Cc1cc([N+](=O)[O-])c(C(C)(O)C(F)(F)F)cc1C. The molecule has 0 aliphatic carbocycles. The van der Waals surface area contributed by atoms with Crippen molar-refractivity contribution in [3.05, 3.63) is 38.9 Å². The van der Waals surface area contributed by atoms with Crippen LogP contribution in [0.3, 0.4) is 0 Å². The number of hydrogen-bond acceptors (Lipinski definition) is 3. The van der Waals surface area contributed by atoms with E-state index in [1.54, 1.807) is 6.92 Å². The van der Waals surface area contributed by atoms with E-state index in [9.17, 15) is 28.4 Å². The second kappa shape index (κ2) is 4.24. The van der Waals surface area contributed by atoms with Gasteiger partial charge in [-0.05, 0) is 38.0 Å². The highest BCUT2D eigenvalue weighted by Crippen LogP contribution is 2.42. The summed E-state index contributed by atoms with van der Waals surface area (Å²) in [6.45, 7) is 3.58. The molecule has 1 unspecified atom stereocenters. The Kier molecular flexibility index (Phi) is 3.40. The summed E-state index contributed by atoms with van der Waals surface area (Å²) in [5, 5.41) is 20.3. The van der Waals surface area contributed by atoms with Crippen molar-refractivity contribution in [1.82, 2.24) is 0 Å². The molecule has 1 rings (SSSR count). The van der Waals surface area contributed by atoms with Gasteiger partial charge < -0.3 is 5.11 Å². The van der Waals surface area contributed by atoms with Crippen LogP contribution in [0.2, 0.25) is 0 Å². The number of nitrogens with zero attached hydrogens (tertiary/aromatic N) is 1.